The Morgan fingerprint density at radius 3 is 2.30 bits per heavy atom. The molecule has 4 fully saturated rings. The van der Waals surface area contributed by atoms with Crippen LogP contribution in [0, 0.1) is 5.41 Å². The summed E-state index contributed by atoms with van der Waals surface area (Å²) in [4.78, 5) is 32.4. The molecule has 1 spiro atoms. The maximum absolute atomic E-state index is 13.2. The minimum Gasteiger partial charge on any atom is -0.444 e. The lowest BCUT2D eigenvalue weighted by Gasteiger charge is -2.46. The molecule has 3 heterocycles. The molecule has 0 aromatic heterocycles. The lowest BCUT2D eigenvalue weighted by Crippen LogP contribution is -2.48. The van der Waals surface area contributed by atoms with E-state index in [2.05, 4.69) is 4.90 Å². The number of ether oxygens (including phenoxy) is 1. The lowest BCUT2D eigenvalue weighted by molar-refractivity contribution is -0.134. The summed E-state index contributed by atoms with van der Waals surface area (Å²) in [6.07, 6.45) is 9.92. The molecule has 0 aromatic carbocycles. The molecule has 0 unspecified atom stereocenters. The minimum atomic E-state index is -0.551. The molecule has 30 heavy (non-hydrogen) atoms. The van der Waals surface area contributed by atoms with E-state index in [0.29, 0.717) is 12.0 Å². The summed E-state index contributed by atoms with van der Waals surface area (Å²) >= 11 is 1.79. The van der Waals surface area contributed by atoms with Crippen molar-refractivity contribution in [1.29, 1.82) is 0 Å². The molecule has 0 N–H and O–H groups in total. The number of thioether (sulfide) groups is 1. The smallest absolute Gasteiger partial charge is 0.411 e. The Labute approximate surface area is 186 Å². The van der Waals surface area contributed by atoms with E-state index in [1.807, 2.05) is 25.7 Å². The van der Waals surface area contributed by atoms with E-state index in [4.69, 9.17) is 4.74 Å². The van der Waals surface area contributed by atoms with Gasteiger partial charge >= 0.3 is 6.09 Å². The molecule has 3 saturated heterocycles. The molecule has 7 heteroatoms. The second kappa shape index (κ2) is 8.89. The van der Waals surface area contributed by atoms with Crippen molar-refractivity contribution < 1.29 is 14.3 Å². The van der Waals surface area contributed by atoms with Crippen LogP contribution in [0.1, 0.15) is 72.1 Å². The van der Waals surface area contributed by atoms with Gasteiger partial charge < -0.3 is 9.64 Å². The van der Waals surface area contributed by atoms with Crippen LogP contribution >= 0.6 is 11.8 Å². The molecule has 3 aliphatic heterocycles. The third kappa shape index (κ3) is 4.93. The van der Waals surface area contributed by atoms with E-state index in [1.54, 1.807) is 16.7 Å². The molecular weight excluding hydrogens is 398 g/mol. The third-order valence-electron chi connectivity index (χ3n) is 7.55. The van der Waals surface area contributed by atoms with Crippen molar-refractivity contribution in [3.63, 3.8) is 0 Å². The Hall–Kier alpha value is -0.950. The number of hydrogen-bond donors (Lipinski definition) is 0. The van der Waals surface area contributed by atoms with E-state index < -0.39 is 5.60 Å². The molecule has 6 nitrogen and oxygen atoms in total. The van der Waals surface area contributed by atoms with Gasteiger partial charge in [0.2, 0.25) is 5.91 Å². The fraction of sp³-hybridized carbons (Fsp3) is 0.913. The van der Waals surface area contributed by atoms with Gasteiger partial charge in [0.05, 0.1) is 5.88 Å². The summed E-state index contributed by atoms with van der Waals surface area (Å²) in [6, 6.07) is -0.114. The molecule has 1 saturated carbocycles. The summed E-state index contributed by atoms with van der Waals surface area (Å²) in [5.74, 6) is 1.84. The maximum atomic E-state index is 13.2. The van der Waals surface area contributed by atoms with Gasteiger partial charge in [-0.3, -0.25) is 14.6 Å². The van der Waals surface area contributed by atoms with Gasteiger partial charge in [0.15, 0.2) is 0 Å². The highest BCUT2D eigenvalue weighted by atomic mass is 32.2. The molecule has 0 radical (unpaired) electrons. The molecule has 1 aliphatic carbocycles. The Balaban J connectivity index is 1.43. The first-order valence-electron chi connectivity index (χ1n) is 11.9. The number of carbonyl (C=O) groups is 2. The standard InChI is InChI=1S/C23H39N3O3S/c1-22(2,3)29-21(28)26-16-18(15-19(26)20(27)25-13-14-30-17-25)24-11-9-23(10-12-24)7-5-4-6-8-23/h18-19H,4-17H2,1-3H3/t18-,19-/m0/s1. The van der Waals surface area contributed by atoms with Crippen LogP contribution in [0.3, 0.4) is 0 Å². The molecular formula is C23H39N3O3S. The van der Waals surface area contributed by atoms with Gasteiger partial charge in [0.25, 0.3) is 0 Å². The number of nitrogens with zero attached hydrogens (tertiary/aromatic N) is 3. The largest absolute Gasteiger partial charge is 0.444 e. The molecule has 170 valence electrons. The topological polar surface area (TPSA) is 53.1 Å². The van der Waals surface area contributed by atoms with Crippen LogP contribution in [0.2, 0.25) is 0 Å². The first kappa shape index (κ1) is 22.3. The average Bonchev–Trinajstić information content (AvgIpc) is 3.38. The lowest BCUT2D eigenvalue weighted by atomic mass is 9.68. The van der Waals surface area contributed by atoms with Crippen LogP contribution in [0.25, 0.3) is 0 Å². The summed E-state index contributed by atoms with van der Waals surface area (Å²) in [6.45, 7) is 9.28. The zero-order chi connectivity index (χ0) is 21.4. The Bertz CT molecular complexity index is 628. The molecule has 0 bridgehead atoms. The normalized spacial score (nSPS) is 30.1. The van der Waals surface area contributed by atoms with E-state index in [-0.39, 0.29) is 24.1 Å². The Morgan fingerprint density at radius 2 is 1.70 bits per heavy atom. The highest BCUT2D eigenvalue weighted by molar-refractivity contribution is 7.99. The zero-order valence-electron chi connectivity index (χ0n) is 19.0. The van der Waals surface area contributed by atoms with E-state index in [0.717, 1.165) is 37.7 Å². The van der Waals surface area contributed by atoms with E-state index >= 15 is 0 Å². The highest BCUT2D eigenvalue weighted by Crippen LogP contribution is 2.45. The molecule has 4 aliphatic rings. The van der Waals surface area contributed by atoms with Gasteiger partial charge in [-0.25, -0.2) is 4.79 Å². The summed E-state index contributed by atoms with van der Waals surface area (Å²) < 4.78 is 5.68. The second-order valence-electron chi connectivity index (χ2n) is 10.8. The van der Waals surface area contributed by atoms with Gasteiger partial charge in [-0.2, -0.15) is 0 Å². The number of rotatable bonds is 2. The number of likely N-dealkylation sites (tertiary alicyclic amines) is 2. The van der Waals surface area contributed by atoms with Crippen molar-refractivity contribution in [2.24, 2.45) is 5.41 Å². The Morgan fingerprint density at radius 1 is 1.00 bits per heavy atom. The third-order valence-corrected chi connectivity index (χ3v) is 8.51. The van der Waals surface area contributed by atoms with Crippen LogP contribution in [-0.2, 0) is 9.53 Å². The number of carbonyl (C=O) groups excluding carboxylic acids is 2. The minimum absolute atomic E-state index is 0.106. The van der Waals surface area contributed by atoms with Crippen molar-refractivity contribution in [2.45, 2.75) is 89.8 Å². The van der Waals surface area contributed by atoms with Gasteiger partial charge in [-0.05, 0) is 71.4 Å². The van der Waals surface area contributed by atoms with Crippen LogP contribution in [-0.4, -0.2) is 82.2 Å². The van der Waals surface area contributed by atoms with Crippen LogP contribution < -0.4 is 0 Å². The number of piperidine rings is 1. The monoisotopic (exact) mass is 437 g/mol. The van der Waals surface area contributed by atoms with Crippen molar-refractivity contribution in [3.05, 3.63) is 0 Å². The molecule has 4 rings (SSSR count). The van der Waals surface area contributed by atoms with E-state index in [1.165, 1.54) is 44.9 Å². The fourth-order valence-corrected chi connectivity index (χ4v) is 6.75. The van der Waals surface area contributed by atoms with E-state index in [9.17, 15) is 9.59 Å². The fourth-order valence-electron chi connectivity index (χ4n) is 5.80. The average molecular weight is 438 g/mol. The SMILES string of the molecule is CC(C)(C)OC(=O)N1C[C@@H](N2CCC3(CCCCC3)CC2)C[C@H]1C(=O)N1CCSC1. The summed E-state index contributed by atoms with van der Waals surface area (Å²) in [5.41, 5.74) is 0.0188. The second-order valence-corrected chi connectivity index (χ2v) is 11.8. The molecule has 0 aromatic rings. The van der Waals surface area contributed by atoms with Crippen LogP contribution in [0.15, 0.2) is 0 Å². The van der Waals surface area contributed by atoms with Gasteiger partial charge in [0.1, 0.15) is 11.6 Å². The van der Waals surface area contributed by atoms with Crippen molar-refractivity contribution in [2.75, 3.05) is 37.8 Å². The van der Waals surface area contributed by atoms with Crippen molar-refractivity contribution >= 4 is 23.8 Å². The van der Waals surface area contributed by atoms with Crippen LogP contribution in [0.5, 0.6) is 0 Å². The number of amides is 2. The summed E-state index contributed by atoms with van der Waals surface area (Å²) in [7, 11) is 0. The zero-order valence-corrected chi connectivity index (χ0v) is 19.8. The Kier molecular flexibility index (Phi) is 6.59. The van der Waals surface area contributed by atoms with Gasteiger partial charge in [0, 0.05) is 24.9 Å². The maximum Gasteiger partial charge on any atom is 0.411 e. The van der Waals surface area contributed by atoms with Crippen molar-refractivity contribution in [3.8, 4) is 0 Å². The quantitative estimate of drug-likeness (QED) is 0.655. The summed E-state index contributed by atoms with van der Waals surface area (Å²) in [5, 5.41) is 0. The van der Waals surface area contributed by atoms with Gasteiger partial charge in [-0.15, -0.1) is 11.8 Å². The highest BCUT2D eigenvalue weighted by Gasteiger charge is 2.46. The molecule has 2 atom stereocenters. The first-order chi connectivity index (χ1) is 14.3. The van der Waals surface area contributed by atoms with Gasteiger partial charge in [-0.1, -0.05) is 19.3 Å². The van der Waals surface area contributed by atoms with Crippen LogP contribution in [0.4, 0.5) is 4.79 Å². The first-order valence-corrected chi connectivity index (χ1v) is 13.0. The number of hydrogen-bond acceptors (Lipinski definition) is 5. The predicted molar refractivity (Wildman–Crippen MR) is 120 cm³/mol. The predicted octanol–water partition coefficient (Wildman–Crippen LogP) is 3.94. The van der Waals surface area contributed by atoms with Crippen molar-refractivity contribution in [1.82, 2.24) is 14.7 Å². The molecule has 2 amide bonds.